The highest BCUT2D eigenvalue weighted by Crippen LogP contribution is 2.19. The van der Waals surface area contributed by atoms with Gasteiger partial charge in [-0.05, 0) is 36.2 Å². The first-order valence-corrected chi connectivity index (χ1v) is 5.60. The Morgan fingerprint density at radius 3 is 2.67 bits per heavy atom. The maximum atomic E-state index is 11.8. The van der Waals surface area contributed by atoms with Crippen molar-refractivity contribution in [3.8, 4) is 0 Å². The van der Waals surface area contributed by atoms with E-state index in [1.165, 1.54) is 0 Å². The quantitative estimate of drug-likeness (QED) is 0.853. The van der Waals surface area contributed by atoms with Crippen LogP contribution in [0.3, 0.4) is 0 Å². The topological polar surface area (TPSA) is 60.9 Å². The van der Waals surface area contributed by atoms with Gasteiger partial charge in [0.05, 0.1) is 10.7 Å². The van der Waals surface area contributed by atoms with Gasteiger partial charge in [-0.3, -0.25) is 9.48 Å². The number of nitrogens with zero attached hydrogens (tertiary/aromatic N) is 2. The van der Waals surface area contributed by atoms with Gasteiger partial charge in [-0.1, -0.05) is 0 Å². The molecule has 0 aliphatic heterocycles. The number of Topliss-reactive ketones (excluding diaryl/α,β-unsaturated/α-hetero) is 1. The maximum absolute atomic E-state index is 11.8. The molecule has 1 rings (SSSR count). The van der Waals surface area contributed by atoms with Gasteiger partial charge >= 0.3 is 0 Å². The van der Waals surface area contributed by atoms with Gasteiger partial charge in [-0.25, -0.2) is 0 Å². The van der Waals surface area contributed by atoms with Crippen molar-refractivity contribution in [3.63, 3.8) is 0 Å². The van der Waals surface area contributed by atoms with Gasteiger partial charge in [0.25, 0.3) is 0 Å². The van der Waals surface area contributed by atoms with Gasteiger partial charge in [0, 0.05) is 19.0 Å². The van der Waals surface area contributed by atoms with Gasteiger partial charge in [0.1, 0.15) is 5.69 Å². The van der Waals surface area contributed by atoms with Gasteiger partial charge in [-0.15, -0.1) is 0 Å². The first-order valence-electron chi connectivity index (χ1n) is 4.81. The van der Waals surface area contributed by atoms with Gasteiger partial charge in [0.15, 0.2) is 5.78 Å². The highest BCUT2D eigenvalue weighted by atomic mass is 79.9. The molecule has 0 atom stereocenters. The number of halogens is 1. The van der Waals surface area contributed by atoms with E-state index >= 15 is 0 Å². The average molecular weight is 274 g/mol. The molecule has 1 aromatic rings. The van der Waals surface area contributed by atoms with E-state index in [1.807, 2.05) is 13.8 Å². The van der Waals surface area contributed by atoms with Crippen molar-refractivity contribution >= 4 is 21.7 Å². The van der Waals surface area contributed by atoms with E-state index < -0.39 is 0 Å². The van der Waals surface area contributed by atoms with Crippen LogP contribution in [-0.4, -0.2) is 21.1 Å². The second-order valence-electron chi connectivity index (χ2n) is 4.38. The fourth-order valence-electron chi connectivity index (χ4n) is 1.28. The Balaban J connectivity index is 2.70. The van der Waals surface area contributed by atoms with Crippen LogP contribution in [0, 0.1) is 0 Å². The normalized spacial score (nSPS) is 11.8. The Morgan fingerprint density at radius 2 is 2.27 bits per heavy atom. The molecule has 84 valence electrons. The van der Waals surface area contributed by atoms with Gasteiger partial charge in [-0.2, -0.15) is 5.10 Å². The molecule has 0 radical (unpaired) electrons. The molecule has 4 nitrogen and oxygen atoms in total. The van der Waals surface area contributed by atoms with Crippen molar-refractivity contribution in [2.45, 2.75) is 32.2 Å². The predicted molar refractivity (Wildman–Crippen MR) is 62.7 cm³/mol. The number of aryl methyl sites for hydroxylation is 1. The minimum Gasteiger partial charge on any atom is -0.326 e. The SMILES string of the molecule is Cn1ncc(Br)c1C(=O)CCC(C)(C)N. The molecule has 0 aromatic carbocycles. The molecule has 0 saturated heterocycles. The summed E-state index contributed by atoms with van der Waals surface area (Å²) in [6, 6.07) is 0. The number of hydrogen-bond acceptors (Lipinski definition) is 3. The summed E-state index contributed by atoms with van der Waals surface area (Å²) in [5.41, 5.74) is 6.13. The lowest BCUT2D eigenvalue weighted by atomic mass is 9.97. The number of hydrogen-bond donors (Lipinski definition) is 1. The number of ketones is 1. The number of carbonyl (C=O) groups excluding carboxylic acids is 1. The van der Waals surface area contributed by atoms with Gasteiger partial charge < -0.3 is 5.73 Å². The zero-order valence-electron chi connectivity index (χ0n) is 9.25. The van der Waals surface area contributed by atoms with E-state index in [0.717, 1.165) is 4.47 Å². The third kappa shape index (κ3) is 3.43. The zero-order chi connectivity index (χ0) is 11.6. The Labute approximate surface area is 98.0 Å². The lowest BCUT2D eigenvalue weighted by Gasteiger charge is -2.17. The van der Waals surface area contributed by atoms with Crippen molar-refractivity contribution < 1.29 is 4.79 Å². The Kier molecular flexibility index (Phi) is 3.67. The van der Waals surface area contributed by atoms with Gasteiger partial charge in [0.2, 0.25) is 0 Å². The molecule has 0 bridgehead atoms. The molecule has 15 heavy (non-hydrogen) atoms. The highest BCUT2D eigenvalue weighted by Gasteiger charge is 2.18. The van der Waals surface area contributed by atoms with Crippen LogP contribution in [0.15, 0.2) is 10.7 Å². The summed E-state index contributed by atoms with van der Waals surface area (Å²) < 4.78 is 2.32. The molecule has 0 spiro atoms. The minimum atomic E-state index is -0.305. The summed E-state index contributed by atoms with van der Waals surface area (Å²) in [5.74, 6) is 0.0698. The molecule has 1 aromatic heterocycles. The average Bonchev–Trinajstić information content (AvgIpc) is 2.41. The van der Waals surface area contributed by atoms with Crippen molar-refractivity contribution in [1.82, 2.24) is 9.78 Å². The number of carbonyl (C=O) groups is 1. The van der Waals surface area contributed by atoms with Crippen LogP contribution >= 0.6 is 15.9 Å². The molecule has 0 fully saturated rings. The van der Waals surface area contributed by atoms with Crippen LogP contribution in [0.1, 0.15) is 37.2 Å². The number of nitrogens with two attached hydrogens (primary N) is 1. The highest BCUT2D eigenvalue weighted by molar-refractivity contribution is 9.10. The minimum absolute atomic E-state index is 0.0698. The lowest BCUT2D eigenvalue weighted by molar-refractivity contribution is 0.0962. The van der Waals surface area contributed by atoms with Crippen LogP contribution < -0.4 is 5.73 Å². The Morgan fingerprint density at radius 1 is 1.67 bits per heavy atom. The van der Waals surface area contributed by atoms with Crippen molar-refractivity contribution in [2.24, 2.45) is 12.8 Å². The van der Waals surface area contributed by atoms with E-state index in [1.54, 1.807) is 17.9 Å². The fraction of sp³-hybridized carbons (Fsp3) is 0.600. The van der Waals surface area contributed by atoms with Crippen LogP contribution in [0.4, 0.5) is 0 Å². The maximum Gasteiger partial charge on any atom is 0.182 e. The van der Waals surface area contributed by atoms with E-state index in [2.05, 4.69) is 21.0 Å². The number of rotatable bonds is 4. The standard InChI is InChI=1S/C10H16BrN3O/c1-10(2,12)5-4-8(15)9-7(11)6-13-14(9)3/h6H,4-5,12H2,1-3H3. The summed E-state index contributed by atoms with van der Waals surface area (Å²) in [6.07, 6.45) is 2.74. The third-order valence-electron chi connectivity index (χ3n) is 2.15. The largest absolute Gasteiger partial charge is 0.326 e. The molecular formula is C10H16BrN3O. The second kappa shape index (κ2) is 4.45. The van der Waals surface area contributed by atoms with Crippen LogP contribution in [0.2, 0.25) is 0 Å². The van der Waals surface area contributed by atoms with E-state index in [0.29, 0.717) is 18.5 Å². The molecule has 5 heteroatoms. The third-order valence-corrected chi connectivity index (χ3v) is 2.73. The molecule has 0 aliphatic carbocycles. The molecular weight excluding hydrogens is 258 g/mol. The second-order valence-corrected chi connectivity index (χ2v) is 5.23. The van der Waals surface area contributed by atoms with Crippen LogP contribution in [-0.2, 0) is 7.05 Å². The molecule has 0 saturated carbocycles. The first kappa shape index (κ1) is 12.4. The number of aromatic nitrogens is 2. The van der Waals surface area contributed by atoms with Crippen molar-refractivity contribution in [3.05, 3.63) is 16.4 Å². The summed E-state index contributed by atoms with van der Waals surface area (Å²) >= 11 is 3.30. The van der Waals surface area contributed by atoms with Crippen molar-refractivity contribution in [2.75, 3.05) is 0 Å². The van der Waals surface area contributed by atoms with Crippen LogP contribution in [0.5, 0.6) is 0 Å². The smallest absolute Gasteiger partial charge is 0.182 e. The summed E-state index contributed by atoms with van der Waals surface area (Å²) in [7, 11) is 1.76. The molecule has 0 aliphatic rings. The van der Waals surface area contributed by atoms with E-state index in [-0.39, 0.29) is 11.3 Å². The van der Waals surface area contributed by atoms with E-state index in [4.69, 9.17) is 5.73 Å². The van der Waals surface area contributed by atoms with Crippen LogP contribution in [0.25, 0.3) is 0 Å². The summed E-state index contributed by atoms with van der Waals surface area (Å²) in [5, 5.41) is 4.00. The predicted octanol–water partition coefficient (Wildman–Crippen LogP) is 1.88. The Hall–Kier alpha value is -0.680. The molecule has 1 heterocycles. The lowest BCUT2D eigenvalue weighted by Crippen LogP contribution is -2.32. The fourth-order valence-corrected chi connectivity index (χ4v) is 1.85. The monoisotopic (exact) mass is 273 g/mol. The summed E-state index contributed by atoms with van der Waals surface area (Å²) in [6.45, 7) is 3.83. The molecule has 0 amide bonds. The van der Waals surface area contributed by atoms with Crippen molar-refractivity contribution in [1.29, 1.82) is 0 Å². The molecule has 0 unspecified atom stereocenters. The summed E-state index contributed by atoms with van der Waals surface area (Å²) in [4.78, 5) is 11.8. The Bertz CT molecular complexity index is 346. The molecule has 2 N–H and O–H groups in total. The van der Waals surface area contributed by atoms with E-state index in [9.17, 15) is 4.79 Å². The zero-order valence-corrected chi connectivity index (χ0v) is 10.8. The first-order chi connectivity index (χ1) is 6.81.